The van der Waals surface area contributed by atoms with Crippen molar-refractivity contribution < 1.29 is 47.2 Å². The maximum Gasteiger partial charge on any atom is 0.325 e. The van der Waals surface area contributed by atoms with E-state index in [0.717, 1.165) is 0 Å². The Morgan fingerprint density at radius 2 is 1.67 bits per heavy atom. The zero-order chi connectivity index (χ0) is 30.1. The molecule has 5 N–H and O–H groups in total. The van der Waals surface area contributed by atoms with Crippen molar-refractivity contribution in [2.45, 2.75) is 49.1 Å². The second-order valence-corrected chi connectivity index (χ2v) is 14.6. The van der Waals surface area contributed by atoms with Crippen molar-refractivity contribution in [2.75, 3.05) is 18.9 Å². The Hall–Kier alpha value is -2.31. The molecule has 2 bridgehead atoms. The number of imidazole rings is 2. The summed E-state index contributed by atoms with van der Waals surface area (Å²) in [7, 11) is 1.53. The second kappa shape index (κ2) is 10.9. The third-order valence-electron chi connectivity index (χ3n) is 7.49. The van der Waals surface area contributed by atoms with Crippen LogP contribution in [0.15, 0.2) is 49.2 Å². The number of pyridine rings is 1. The molecular weight excluding hydrogens is 625 g/mol. The van der Waals surface area contributed by atoms with Crippen LogP contribution < -0.4 is 5.73 Å². The maximum atomic E-state index is 13.3. The van der Waals surface area contributed by atoms with Gasteiger partial charge in [0.05, 0.1) is 50.1 Å². The Kier molecular flexibility index (Phi) is 7.48. The van der Waals surface area contributed by atoms with Gasteiger partial charge in [-0.15, -0.1) is 0 Å². The van der Waals surface area contributed by atoms with Crippen LogP contribution in [0.3, 0.4) is 0 Å². The highest BCUT2D eigenvalue weighted by Crippen LogP contribution is 2.53. The van der Waals surface area contributed by atoms with Crippen molar-refractivity contribution in [1.29, 1.82) is 0 Å². The van der Waals surface area contributed by atoms with Gasteiger partial charge in [0.15, 0.2) is 18.1 Å². The first-order valence-corrected chi connectivity index (χ1v) is 17.2. The number of ether oxygens (including phenoxy) is 2. The molecule has 0 aliphatic carbocycles. The van der Waals surface area contributed by atoms with E-state index in [9.17, 15) is 19.7 Å². The standard InChI is InChI=1S/C23H25BN6O10P2S/c24-41(33)35-7-14-17(31)20(23(37-14)30-10-28-16-11(25)5-6-26-21(16)30)40-42(34,43)36-8-15-19(39-41)18(32)22(38-15)29-9-27-12-3-1-2-4-13(12)29/h1-6,9-10,14-15,17-20,22-23,31-32H,7-8H2,(H2,25,26)(H,34,43)/q-1/t14-,15-,17?,18+,19?,20+,22-,23-,41?,42?/m1/s1. The smallest absolute Gasteiger partial charge is 0.325 e. The fraction of sp³-hybridized carbons (Fsp3) is 0.435. The van der Waals surface area contributed by atoms with E-state index >= 15 is 0 Å². The monoisotopic (exact) mass is 650 g/mol. The Morgan fingerprint density at radius 3 is 2.51 bits per heavy atom. The van der Waals surface area contributed by atoms with Gasteiger partial charge in [-0.2, -0.15) is 0 Å². The van der Waals surface area contributed by atoms with E-state index in [4.69, 9.17) is 52.7 Å². The first-order chi connectivity index (χ1) is 20.5. The summed E-state index contributed by atoms with van der Waals surface area (Å²) in [4.78, 5) is 24.0. The SMILES string of the molecule is [B-]P1(=O)OC[C@H]2O[C@@H](n3cnc4c(N)ccnc43)[C@@H](OP(O)(=S)OC[C@H]3O[C@@H](n4cnc5ccccc54)[C@@H](O)C3O1)C2O. The number of hydrogen-bond acceptors (Lipinski definition) is 14. The molecular formula is C23H25BN6O10P2S-. The van der Waals surface area contributed by atoms with Crippen molar-refractivity contribution in [3.8, 4) is 0 Å². The van der Waals surface area contributed by atoms with Crippen LogP contribution in [0.2, 0.25) is 0 Å². The zero-order valence-corrected chi connectivity index (χ0v) is 24.6. The van der Waals surface area contributed by atoms with E-state index in [1.807, 2.05) is 6.07 Å². The summed E-state index contributed by atoms with van der Waals surface area (Å²) in [6.45, 7) is -5.12. The number of aliphatic hydroxyl groups is 2. The van der Waals surface area contributed by atoms with E-state index < -0.39 is 76.5 Å². The van der Waals surface area contributed by atoms with Crippen LogP contribution in [-0.2, 0) is 43.9 Å². The molecule has 227 valence electrons. The summed E-state index contributed by atoms with van der Waals surface area (Å²) in [6.07, 6.45) is -5.75. The highest BCUT2D eigenvalue weighted by molar-refractivity contribution is 8.07. The fourth-order valence-corrected chi connectivity index (χ4v) is 7.89. The lowest BCUT2D eigenvalue weighted by Crippen LogP contribution is -2.36. The molecule has 3 saturated heterocycles. The first-order valence-electron chi connectivity index (χ1n) is 13.0. The van der Waals surface area contributed by atoms with Crippen LogP contribution in [0.25, 0.3) is 22.2 Å². The van der Waals surface area contributed by atoms with Crippen molar-refractivity contribution in [3.05, 3.63) is 49.2 Å². The lowest BCUT2D eigenvalue weighted by molar-refractivity contribution is -0.0594. The van der Waals surface area contributed by atoms with E-state index in [2.05, 4.69) is 15.0 Å². The Balaban J connectivity index is 1.20. The van der Waals surface area contributed by atoms with E-state index in [1.165, 1.54) is 23.4 Å². The van der Waals surface area contributed by atoms with Gasteiger partial charge in [-0.1, -0.05) is 12.1 Å². The van der Waals surface area contributed by atoms with Crippen LogP contribution in [0.4, 0.5) is 5.69 Å². The molecule has 0 amide bonds. The topological polar surface area (TPSA) is 208 Å². The number of nitrogen functional groups attached to an aromatic ring is 1. The van der Waals surface area contributed by atoms with E-state index in [0.29, 0.717) is 27.9 Å². The predicted octanol–water partition coefficient (Wildman–Crippen LogP) is 0.891. The number of aliphatic hydroxyl groups excluding tert-OH is 2. The number of para-hydroxylation sites is 2. The van der Waals surface area contributed by atoms with Crippen LogP contribution in [0, 0.1) is 0 Å². The summed E-state index contributed by atoms with van der Waals surface area (Å²) in [5.41, 5.74) is 8.35. The van der Waals surface area contributed by atoms with Crippen LogP contribution in [0.1, 0.15) is 12.5 Å². The molecule has 3 aliphatic heterocycles. The molecule has 3 aromatic heterocycles. The molecule has 20 heteroatoms. The highest BCUT2D eigenvalue weighted by atomic mass is 32.5. The summed E-state index contributed by atoms with van der Waals surface area (Å²) in [6, 6.07) is 8.76. The second-order valence-electron chi connectivity index (χ2n) is 10.2. The van der Waals surface area contributed by atoms with Gasteiger partial charge in [-0.05, 0) is 30.0 Å². The molecule has 0 saturated carbocycles. The predicted molar refractivity (Wildman–Crippen MR) is 153 cm³/mol. The number of rotatable bonds is 2. The number of aromatic nitrogens is 5. The summed E-state index contributed by atoms with van der Waals surface area (Å²) in [5.74, 6) is 0. The van der Waals surface area contributed by atoms with Crippen LogP contribution in [-0.4, -0.2) is 96.6 Å². The summed E-state index contributed by atoms with van der Waals surface area (Å²) < 4.78 is 50.9. The van der Waals surface area contributed by atoms with Crippen molar-refractivity contribution in [2.24, 2.45) is 0 Å². The number of fused-ring (bicyclic) bond motifs is 5. The summed E-state index contributed by atoms with van der Waals surface area (Å²) >= 11 is 5.29. The number of hydrogen-bond donors (Lipinski definition) is 4. The average Bonchev–Trinajstić information content (AvgIpc) is 3.72. The van der Waals surface area contributed by atoms with Gasteiger partial charge in [-0.25, -0.2) is 15.0 Å². The maximum absolute atomic E-state index is 13.3. The molecule has 16 nitrogen and oxygen atoms in total. The molecule has 7 rings (SSSR count). The Labute approximate surface area is 249 Å². The molecule has 43 heavy (non-hydrogen) atoms. The third-order valence-corrected chi connectivity index (χ3v) is 10.1. The quantitative estimate of drug-likeness (QED) is 0.176. The Morgan fingerprint density at radius 1 is 0.930 bits per heavy atom. The van der Waals surface area contributed by atoms with Crippen LogP contribution >= 0.6 is 14.2 Å². The van der Waals surface area contributed by atoms with Crippen LogP contribution in [0.5, 0.6) is 0 Å². The van der Waals surface area contributed by atoms with Gasteiger partial charge in [-0.3, -0.25) is 9.09 Å². The minimum absolute atomic E-state index is 0.308. The zero-order valence-electron chi connectivity index (χ0n) is 22.0. The summed E-state index contributed by atoms with van der Waals surface area (Å²) in [5, 5.41) is 22.4. The van der Waals surface area contributed by atoms with E-state index in [1.54, 1.807) is 28.8 Å². The molecule has 4 unspecified atom stereocenters. The van der Waals surface area contributed by atoms with Crippen molar-refractivity contribution in [3.63, 3.8) is 0 Å². The van der Waals surface area contributed by atoms with Gasteiger partial charge in [0, 0.05) is 6.20 Å². The van der Waals surface area contributed by atoms with Gasteiger partial charge < -0.3 is 60.6 Å². The van der Waals surface area contributed by atoms with Gasteiger partial charge in [0.25, 0.3) is 0 Å². The molecule has 3 radical (unpaired) electrons. The minimum atomic E-state index is -4.41. The Bertz CT molecular complexity index is 1780. The average molecular weight is 650 g/mol. The molecule has 3 aliphatic rings. The highest BCUT2D eigenvalue weighted by Gasteiger charge is 2.51. The molecule has 10 atom stereocenters. The molecule has 6 heterocycles. The number of nitrogens with two attached hydrogens (primary N) is 1. The molecule has 1 aromatic carbocycles. The first kappa shape index (κ1) is 29.4. The normalized spacial score (nSPS) is 38.9. The lowest BCUT2D eigenvalue weighted by atomic mass is 10.1. The minimum Gasteiger partial charge on any atom is -0.444 e. The molecule has 4 aromatic rings. The third kappa shape index (κ3) is 5.35. The van der Waals surface area contributed by atoms with Gasteiger partial charge in [0.2, 0.25) is 0 Å². The van der Waals surface area contributed by atoms with Crippen molar-refractivity contribution in [1.82, 2.24) is 24.1 Å². The molecule has 0 spiro atoms. The lowest BCUT2D eigenvalue weighted by Gasteiger charge is -2.33. The van der Waals surface area contributed by atoms with E-state index in [-0.39, 0.29) is 0 Å². The number of anilines is 1. The van der Waals surface area contributed by atoms with Gasteiger partial charge in [0.1, 0.15) is 42.1 Å². The number of nitrogens with zero attached hydrogens (tertiary/aromatic N) is 5. The fourth-order valence-electron chi connectivity index (χ4n) is 5.46. The number of benzene rings is 1. The van der Waals surface area contributed by atoms with Crippen molar-refractivity contribution >= 4 is 61.5 Å². The molecule has 3 fully saturated rings. The largest absolute Gasteiger partial charge is 0.444 e. The van der Waals surface area contributed by atoms with Gasteiger partial charge >= 0.3 is 6.72 Å².